The molecule has 0 saturated carbocycles. The molecule has 126 valence electrons. The van der Waals surface area contributed by atoms with Crippen molar-refractivity contribution >= 4 is 22.9 Å². The molecule has 0 fully saturated rings. The van der Waals surface area contributed by atoms with E-state index in [2.05, 4.69) is 16.6 Å². The van der Waals surface area contributed by atoms with E-state index in [0.29, 0.717) is 17.1 Å². The Morgan fingerprint density at radius 2 is 1.68 bits per heavy atom. The number of hydrazone groups is 1. The van der Waals surface area contributed by atoms with Gasteiger partial charge in [0.1, 0.15) is 0 Å². The number of fused-ring (bicyclic) bond motifs is 1. The fourth-order valence-electron chi connectivity index (χ4n) is 2.50. The molecular weight excluding hydrogens is 316 g/mol. The highest BCUT2D eigenvalue weighted by Crippen LogP contribution is 2.27. The Bertz CT molecular complexity index is 935. The van der Waals surface area contributed by atoms with Gasteiger partial charge in [0, 0.05) is 5.56 Å². The van der Waals surface area contributed by atoms with Gasteiger partial charge in [-0.05, 0) is 40.6 Å². The van der Waals surface area contributed by atoms with E-state index < -0.39 is 0 Å². The predicted molar refractivity (Wildman–Crippen MR) is 98.6 cm³/mol. The molecule has 5 nitrogen and oxygen atoms in total. The Balaban J connectivity index is 1.71. The van der Waals surface area contributed by atoms with Crippen LogP contribution in [0, 0.1) is 0 Å². The number of nitrogens with zero attached hydrogens (tertiary/aromatic N) is 1. The minimum absolute atomic E-state index is 0.321. The Morgan fingerprint density at radius 1 is 0.920 bits per heavy atom. The first-order chi connectivity index (χ1) is 12.2. The molecule has 1 N–H and O–H groups in total. The number of amides is 1. The van der Waals surface area contributed by atoms with Gasteiger partial charge in [0.25, 0.3) is 5.91 Å². The summed E-state index contributed by atoms with van der Waals surface area (Å²) in [7, 11) is 3.07. The molecule has 25 heavy (non-hydrogen) atoms. The van der Waals surface area contributed by atoms with Gasteiger partial charge in [-0.1, -0.05) is 36.4 Å². The average Bonchev–Trinajstić information content (AvgIpc) is 2.67. The highest BCUT2D eigenvalue weighted by atomic mass is 16.5. The first kappa shape index (κ1) is 16.5. The molecule has 0 radical (unpaired) electrons. The maximum Gasteiger partial charge on any atom is 0.271 e. The number of carbonyl (C=O) groups is 1. The average molecular weight is 334 g/mol. The lowest BCUT2D eigenvalue weighted by molar-refractivity contribution is 0.0954. The third-order valence-corrected chi connectivity index (χ3v) is 3.80. The molecule has 0 spiro atoms. The summed E-state index contributed by atoms with van der Waals surface area (Å²) >= 11 is 0. The summed E-state index contributed by atoms with van der Waals surface area (Å²) in [4.78, 5) is 12.2. The van der Waals surface area contributed by atoms with Crippen LogP contribution in [-0.2, 0) is 0 Å². The van der Waals surface area contributed by atoms with Crippen LogP contribution in [0.1, 0.15) is 15.9 Å². The van der Waals surface area contributed by atoms with Crippen molar-refractivity contribution in [3.8, 4) is 11.5 Å². The van der Waals surface area contributed by atoms with Crippen molar-refractivity contribution in [1.29, 1.82) is 0 Å². The van der Waals surface area contributed by atoms with E-state index in [1.807, 2.05) is 36.4 Å². The molecule has 0 aliphatic carbocycles. The van der Waals surface area contributed by atoms with E-state index >= 15 is 0 Å². The van der Waals surface area contributed by atoms with E-state index in [9.17, 15) is 4.79 Å². The van der Waals surface area contributed by atoms with Gasteiger partial charge in [-0.2, -0.15) is 5.10 Å². The summed E-state index contributed by atoms with van der Waals surface area (Å²) in [5, 5.41) is 6.31. The molecule has 0 bridgehead atoms. The topological polar surface area (TPSA) is 59.9 Å². The lowest BCUT2D eigenvalue weighted by Gasteiger charge is -2.08. The number of benzene rings is 3. The van der Waals surface area contributed by atoms with Crippen LogP contribution in [0.5, 0.6) is 11.5 Å². The van der Waals surface area contributed by atoms with Crippen LogP contribution >= 0.6 is 0 Å². The zero-order valence-electron chi connectivity index (χ0n) is 14.0. The van der Waals surface area contributed by atoms with Crippen molar-refractivity contribution in [3.63, 3.8) is 0 Å². The second-order valence-corrected chi connectivity index (χ2v) is 5.38. The second-order valence-electron chi connectivity index (χ2n) is 5.38. The standard InChI is InChI=1S/C20H18N2O3/c1-24-18-10-9-17(12-19(18)25-2)20(23)22-21-13-14-7-8-15-5-3-4-6-16(15)11-14/h3-13H,1-2H3,(H,22,23)/b21-13+. The van der Waals surface area contributed by atoms with Crippen molar-refractivity contribution in [3.05, 3.63) is 71.8 Å². The molecule has 0 heterocycles. The molecule has 3 aromatic rings. The predicted octanol–water partition coefficient (Wildman–Crippen LogP) is 3.62. The number of nitrogens with one attached hydrogen (secondary N) is 1. The van der Waals surface area contributed by atoms with Crippen LogP contribution in [0.3, 0.4) is 0 Å². The van der Waals surface area contributed by atoms with E-state index in [0.717, 1.165) is 16.3 Å². The van der Waals surface area contributed by atoms with Gasteiger partial charge >= 0.3 is 0 Å². The van der Waals surface area contributed by atoms with Crippen molar-refractivity contribution in [2.24, 2.45) is 5.10 Å². The zero-order chi connectivity index (χ0) is 17.6. The highest BCUT2D eigenvalue weighted by Gasteiger charge is 2.09. The molecule has 0 saturated heterocycles. The molecule has 3 rings (SSSR count). The van der Waals surface area contributed by atoms with Crippen molar-refractivity contribution in [2.75, 3.05) is 14.2 Å². The van der Waals surface area contributed by atoms with E-state index in [-0.39, 0.29) is 5.91 Å². The number of hydrogen-bond donors (Lipinski definition) is 1. The Morgan fingerprint density at radius 3 is 2.44 bits per heavy atom. The van der Waals surface area contributed by atoms with Gasteiger partial charge in [-0.3, -0.25) is 4.79 Å². The quantitative estimate of drug-likeness (QED) is 0.573. The van der Waals surface area contributed by atoms with Crippen LogP contribution < -0.4 is 14.9 Å². The molecule has 0 atom stereocenters. The molecular formula is C20H18N2O3. The normalized spacial score (nSPS) is 10.8. The van der Waals surface area contributed by atoms with Crippen LogP contribution in [0.25, 0.3) is 10.8 Å². The summed E-state index contributed by atoms with van der Waals surface area (Å²) in [5.74, 6) is 0.741. The van der Waals surface area contributed by atoms with E-state index in [4.69, 9.17) is 9.47 Å². The van der Waals surface area contributed by atoms with Gasteiger partial charge in [0.2, 0.25) is 0 Å². The molecule has 3 aromatic carbocycles. The fraction of sp³-hybridized carbons (Fsp3) is 0.100. The van der Waals surface area contributed by atoms with E-state index in [1.165, 1.54) is 7.11 Å². The minimum atomic E-state index is -0.321. The number of hydrogen-bond acceptors (Lipinski definition) is 4. The van der Waals surface area contributed by atoms with Crippen LogP contribution in [0.4, 0.5) is 0 Å². The monoisotopic (exact) mass is 334 g/mol. The second kappa shape index (κ2) is 7.49. The summed E-state index contributed by atoms with van der Waals surface area (Å²) in [6.45, 7) is 0. The van der Waals surface area contributed by atoms with Gasteiger partial charge in [-0.25, -0.2) is 5.43 Å². The first-order valence-corrected chi connectivity index (χ1v) is 7.75. The molecule has 0 aliphatic rings. The fourth-order valence-corrected chi connectivity index (χ4v) is 2.50. The smallest absolute Gasteiger partial charge is 0.271 e. The summed E-state index contributed by atoms with van der Waals surface area (Å²) in [5.41, 5.74) is 3.87. The van der Waals surface area contributed by atoms with Crippen LogP contribution in [0.2, 0.25) is 0 Å². The number of ether oxygens (including phenoxy) is 2. The van der Waals surface area contributed by atoms with Crippen molar-refractivity contribution < 1.29 is 14.3 Å². The maximum atomic E-state index is 12.2. The third-order valence-electron chi connectivity index (χ3n) is 3.80. The Hall–Kier alpha value is -3.34. The summed E-state index contributed by atoms with van der Waals surface area (Å²) in [6.07, 6.45) is 1.62. The number of rotatable bonds is 5. The summed E-state index contributed by atoms with van der Waals surface area (Å²) < 4.78 is 10.4. The van der Waals surface area contributed by atoms with Crippen molar-refractivity contribution in [1.82, 2.24) is 5.43 Å². The highest BCUT2D eigenvalue weighted by molar-refractivity contribution is 5.96. The third kappa shape index (κ3) is 3.77. The van der Waals surface area contributed by atoms with E-state index in [1.54, 1.807) is 31.5 Å². The van der Waals surface area contributed by atoms with Gasteiger partial charge in [-0.15, -0.1) is 0 Å². The van der Waals surface area contributed by atoms with Crippen molar-refractivity contribution in [2.45, 2.75) is 0 Å². The SMILES string of the molecule is COc1ccc(C(=O)N/N=C/c2ccc3ccccc3c2)cc1OC. The van der Waals surface area contributed by atoms with Crippen LogP contribution in [-0.4, -0.2) is 26.3 Å². The largest absolute Gasteiger partial charge is 0.493 e. The molecule has 0 unspecified atom stereocenters. The zero-order valence-corrected chi connectivity index (χ0v) is 14.0. The number of carbonyl (C=O) groups excluding carboxylic acids is 1. The maximum absolute atomic E-state index is 12.2. The minimum Gasteiger partial charge on any atom is -0.493 e. The lowest BCUT2D eigenvalue weighted by atomic mass is 10.1. The Labute approximate surface area is 145 Å². The molecule has 1 amide bonds. The molecule has 0 aromatic heterocycles. The van der Waals surface area contributed by atoms with Crippen LogP contribution in [0.15, 0.2) is 65.8 Å². The first-order valence-electron chi connectivity index (χ1n) is 7.75. The summed E-state index contributed by atoms with van der Waals surface area (Å²) in [6, 6.07) is 19.0. The van der Waals surface area contributed by atoms with Gasteiger partial charge < -0.3 is 9.47 Å². The Kier molecular flexibility index (Phi) is 4.95. The van der Waals surface area contributed by atoms with Gasteiger partial charge in [0.05, 0.1) is 20.4 Å². The number of methoxy groups -OCH3 is 2. The molecule has 0 aliphatic heterocycles. The lowest BCUT2D eigenvalue weighted by Crippen LogP contribution is -2.17. The molecule has 5 heteroatoms. The van der Waals surface area contributed by atoms with Gasteiger partial charge in [0.15, 0.2) is 11.5 Å².